The fourth-order valence-corrected chi connectivity index (χ4v) is 3.00. The van der Waals surface area contributed by atoms with E-state index in [2.05, 4.69) is 22.8 Å². The second-order valence-corrected chi connectivity index (χ2v) is 6.04. The highest BCUT2D eigenvalue weighted by molar-refractivity contribution is 5.75. The Morgan fingerprint density at radius 3 is 2.57 bits per heavy atom. The van der Waals surface area contributed by atoms with Gasteiger partial charge < -0.3 is 10.6 Å². The third-order valence-corrected chi connectivity index (χ3v) is 4.28. The van der Waals surface area contributed by atoms with Gasteiger partial charge in [-0.25, -0.2) is 0 Å². The number of benzene rings is 1. The van der Waals surface area contributed by atoms with Crippen LogP contribution in [0.5, 0.6) is 0 Å². The van der Waals surface area contributed by atoms with Gasteiger partial charge in [0.2, 0.25) is 5.91 Å². The maximum absolute atomic E-state index is 11.8. The van der Waals surface area contributed by atoms with Gasteiger partial charge in [-0.3, -0.25) is 4.79 Å². The minimum absolute atomic E-state index is 0.222. The second kappa shape index (κ2) is 9.43. The molecule has 0 atom stereocenters. The zero-order chi connectivity index (χ0) is 14.8. The number of rotatable bonds is 8. The van der Waals surface area contributed by atoms with Gasteiger partial charge in [0.15, 0.2) is 0 Å². The molecule has 0 radical (unpaired) electrons. The third kappa shape index (κ3) is 6.65. The van der Waals surface area contributed by atoms with Gasteiger partial charge in [-0.15, -0.1) is 0 Å². The Kier molecular flexibility index (Phi) is 7.13. The van der Waals surface area contributed by atoms with E-state index < -0.39 is 0 Å². The number of hydrogen-bond donors (Lipinski definition) is 2. The Bertz CT molecular complexity index is 399. The van der Waals surface area contributed by atoms with Gasteiger partial charge in [-0.2, -0.15) is 0 Å². The fraction of sp³-hybridized carbons (Fsp3) is 0.611. The second-order valence-electron chi connectivity index (χ2n) is 6.04. The Labute approximate surface area is 128 Å². The van der Waals surface area contributed by atoms with E-state index in [9.17, 15) is 4.79 Å². The summed E-state index contributed by atoms with van der Waals surface area (Å²) < 4.78 is 0. The van der Waals surface area contributed by atoms with Crippen molar-refractivity contribution in [3.05, 3.63) is 30.3 Å². The molecule has 2 rings (SSSR count). The Morgan fingerprint density at radius 2 is 1.81 bits per heavy atom. The number of anilines is 1. The van der Waals surface area contributed by atoms with Gasteiger partial charge in [-0.1, -0.05) is 50.3 Å². The van der Waals surface area contributed by atoms with Gasteiger partial charge in [0.1, 0.15) is 0 Å². The van der Waals surface area contributed by atoms with E-state index >= 15 is 0 Å². The van der Waals surface area contributed by atoms with Crippen LogP contribution in [-0.2, 0) is 4.79 Å². The molecule has 1 aliphatic rings. The van der Waals surface area contributed by atoms with Crippen LogP contribution in [0.1, 0.15) is 51.4 Å². The van der Waals surface area contributed by atoms with Gasteiger partial charge >= 0.3 is 0 Å². The van der Waals surface area contributed by atoms with E-state index in [-0.39, 0.29) is 5.91 Å². The number of carbonyl (C=O) groups is 1. The van der Waals surface area contributed by atoms with Crippen molar-refractivity contribution in [1.29, 1.82) is 0 Å². The lowest BCUT2D eigenvalue weighted by Crippen LogP contribution is -2.26. The summed E-state index contributed by atoms with van der Waals surface area (Å²) in [6.45, 7) is 1.66. The third-order valence-electron chi connectivity index (χ3n) is 4.28. The van der Waals surface area contributed by atoms with Crippen LogP contribution in [0.3, 0.4) is 0 Å². The minimum Gasteiger partial charge on any atom is -0.385 e. The lowest BCUT2D eigenvalue weighted by atomic mass is 9.86. The van der Waals surface area contributed by atoms with Crippen molar-refractivity contribution >= 4 is 11.6 Å². The highest BCUT2D eigenvalue weighted by Crippen LogP contribution is 2.27. The summed E-state index contributed by atoms with van der Waals surface area (Å²) in [6.07, 6.45) is 9.50. The summed E-state index contributed by atoms with van der Waals surface area (Å²) in [5.41, 5.74) is 1.14. The number of para-hydroxylation sites is 1. The molecule has 1 saturated carbocycles. The fourth-order valence-electron chi connectivity index (χ4n) is 3.00. The van der Waals surface area contributed by atoms with Crippen LogP contribution in [0, 0.1) is 5.92 Å². The maximum Gasteiger partial charge on any atom is 0.220 e. The topological polar surface area (TPSA) is 41.1 Å². The molecular formula is C18H28N2O. The molecule has 0 saturated heterocycles. The van der Waals surface area contributed by atoms with Crippen LogP contribution in [-0.4, -0.2) is 19.0 Å². The van der Waals surface area contributed by atoms with Crippen LogP contribution in [0.2, 0.25) is 0 Å². The summed E-state index contributed by atoms with van der Waals surface area (Å²) in [6, 6.07) is 10.2. The molecule has 0 aliphatic heterocycles. The highest BCUT2D eigenvalue weighted by Gasteiger charge is 2.14. The van der Waals surface area contributed by atoms with E-state index in [1.165, 1.54) is 32.1 Å². The molecule has 1 fully saturated rings. The summed E-state index contributed by atoms with van der Waals surface area (Å²) in [7, 11) is 0. The largest absolute Gasteiger partial charge is 0.385 e. The standard InChI is InChI=1S/C18H28N2O/c21-18(13-12-16-8-3-1-4-9-16)20-15-7-14-19-17-10-5-2-6-11-17/h2,5-6,10-11,16,19H,1,3-4,7-9,12-15H2,(H,20,21). The number of carbonyl (C=O) groups excluding carboxylic acids is 1. The lowest BCUT2D eigenvalue weighted by molar-refractivity contribution is -0.121. The average Bonchev–Trinajstić information content (AvgIpc) is 2.54. The molecule has 1 aromatic carbocycles. The number of nitrogens with one attached hydrogen (secondary N) is 2. The Balaban J connectivity index is 1.47. The van der Waals surface area contributed by atoms with Crippen molar-refractivity contribution in [2.75, 3.05) is 18.4 Å². The normalized spacial score (nSPS) is 15.6. The maximum atomic E-state index is 11.8. The molecule has 0 spiro atoms. The van der Waals surface area contributed by atoms with E-state index in [0.29, 0.717) is 6.42 Å². The molecule has 1 amide bonds. The minimum atomic E-state index is 0.222. The number of hydrogen-bond acceptors (Lipinski definition) is 2. The van der Waals surface area contributed by atoms with Crippen molar-refractivity contribution in [2.24, 2.45) is 5.92 Å². The lowest BCUT2D eigenvalue weighted by Gasteiger charge is -2.20. The molecule has 116 valence electrons. The van der Waals surface area contributed by atoms with E-state index in [0.717, 1.165) is 37.5 Å². The predicted octanol–water partition coefficient (Wildman–Crippen LogP) is 3.97. The molecule has 2 N–H and O–H groups in total. The SMILES string of the molecule is O=C(CCC1CCCCC1)NCCCNc1ccccc1. The zero-order valence-electron chi connectivity index (χ0n) is 12.9. The predicted molar refractivity (Wildman–Crippen MR) is 88.4 cm³/mol. The van der Waals surface area contributed by atoms with Crippen LogP contribution in [0.4, 0.5) is 5.69 Å². The molecule has 0 aromatic heterocycles. The van der Waals surface area contributed by atoms with Crippen LogP contribution in [0.15, 0.2) is 30.3 Å². The number of amides is 1. The highest BCUT2D eigenvalue weighted by atomic mass is 16.1. The summed E-state index contributed by atoms with van der Waals surface area (Å²) in [5.74, 6) is 1.02. The van der Waals surface area contributed by atoms with Crippen molar-refractivity contribution in [3.63, 3.8) is 0 Å². The molecule has 21 heavy (non-hydrogen) atoms. The first-order chi connectivity index (χ1) is 10.3. The first kappa shape index (κ1) is 15.9. The molecule has 1 aliphatic carbocycles. The monoisotopic (exact) mass is 288 g/mol. The van der Waals surface area contributed by atoms with Gasteiger partial charge in [0.05, 0.1) is 0 Å². The van der Waals surface area contributed by atoms with E-state index in [1.807, 2.05) is 18.2 Å². The van der Waals surface area contributed by atoms with Crippen molar-refractivity contribution in [2.45, 2.75) is 51.4 Å². The summed E-state index contributed by atoms with van der Waals surface area (Å²) >= 11 is 0. The van der Waals surface area contributed by atoms with Crippen LogP contribution >= 0.6 is 0 Å². The first-order valence-electron chi connectivity index (χ1n) is 8.40. The average molecular weight is 288 g/mol. The van der Waals surface area contributed by atoms with Crippen molar-refractivity contribution in [1.82, 2.24) is 5.32 Å². The summed E-state index contributed by atoms with van der Waals surface area (Å²) in [5, 5.41) is 6.38. The summed E-state index contributed by atoms with van der Waals surface area (Å²) in [4.78, 5) is 11.8. The first-order valence-corrected chi connectivity index (χ1v) is 8.40. The molecule has 0 unspecified atom stereocenters. The molecular weight excluding hydrogens is 260 g/mol. The van der Waals surface area contributed by atoms with E-state index in [1.54, 1.807) is 0 Å². The zero-order valence-corrected chi connectivity index (χ0v) is 12.9. The smallest absolute Gasteiger partial charge is 0.220 e. The van der Waals surface area contributed by atoms with Crippen molar-refractivity contribution in [3.8, 4) is 0 Å². The van der Waals surface area contributed by atoms with Crippen molar-refractivity contribution < 1.29 is 4.79 Å². The van der Waals surface area contributed by atoms with Crippen LogP contribution in [0.25, 0.3) is 0 Å². The van der Waals surface area contributed by atoms with Gasteiger partial charge in [-0.05, 0) is 30.9 Å². The molecule has 0 bridgehead atoms. The Hall–Kier alpha value is -1.51. The molecule has 0 heterocycles. The Morgan fingerprint density at radius 1 is 1.05 bits per heavy atom. The van der Waals surface area contributed by atoms with E-state index in [4.69, 9.17) is 0 Å². The van der Waals surface area contributed by atoms with Gasteiger partial charge in [0.25, 0.3) is 0 Å². The quantitative estimate of drug-likeness (QED) is 0.711. The molecule has 1 aromatic rings. The van der Waals surface area contributed by atoms with Gasteiger partial charge in [0, 0.05) is 25.2 Å². The molecule has 3 heteroatoms. The van der Waals surface area contributed by atoms with Crippen LogP contribution < -0.4 is 10.6 Å². The molecule has 3 nitrogen and oxygen atoms in total.